The molecule has 4 atom stereocenters. The van der Waals surface area contributed by atoms with Crippen LogP contribution in [0.4, 0.5) is 4.39 Å². The number of rotatable bonds is 5. The van der Waals surface area contributed by atoms with Crippen molar-refractivity contribution in [2.24, 2.45) is 17.8 Å². The fraction of sp³-hybridized carbons (Fsp3) is 0.632. The van der Waals surface area contributed by atoms with Crippen LogP contribution in [0, 0.1) is 17.8 Å². The minimum Gasteiger partial charge on any atom is -0.380 e. The summed E-state index contributed by atoms with van der Waals surface area (Å²) in [5.74, 6) is 0.0133. The Bertz CT molecular complexity index is 519. The Morgan fingerprint density at radius 1 is 1.35 bits per heavy atom. The standard InChI is InChI=1S/C19H28FNO2/c1-13(2)16-10-9-14(3)11-19(16,23)18(22)21-12-17(20)15-7-5-4-6-8-15/h4-8,13-14,16-17,23H,9-12H2,1-3H3,(H,21,22)/t14-,16+,17-,19+/m1/s1. The molecule has 1 aromatic carbocycles. The van der Waals surface area contributed by atoms with Crippen LogP contribution in [0.25, 0.3) is 0 Å². The minimum absolute atomic E-state index is 0.0755. The van der Waals surface area contributed by atoms with Gasteiger partial charge in [0.25, 0.3) is 5.91 Å². The third-order valence-corrected chi connectivity index (χ3v) is 5.04. The van der Waals surface area contributed by atoms with Crippen LogP contribution in [-0.2, 0) is 4.79 Å². The van der Waals surface area contributed by atoms with Crippen molar-refractivity contribution in [1.29, 1.82) is 0 Å². The van der Waals surface area contributed by atoms with E-state index in [0.717, 1.165) is 12.8 Å². The lowest BCUT2D eigenvalue weighted by atomic mass is 9.66. The highest BCUT2D eigenvalue weighted by Crippen LogP contribution is 2.41. The Kier molecular flexibility index (Phi) is 5.79. The molecule has 1 aliphatic carbocycles. The molecule has 0 unspecified atom stereocenters. The zero-order valence-electron chi connectivity index (χ0n) is 14.3. The van der Waals surface area contributed by atoms with Crippen molar-refractivity contribution in [3.63, 3.8) is 0 Å². The Morgan fingerprint density at radius 3 is 2.61 bits per heavy atom. The maximum absolute atomic E-state index is 14.2. The molecule has 0 aromatic heterocycles. The third-order valence-electron chi connectivity index (χ3n) is 5.04. The largest absolute Gasteiger partial charge is 0.380 e. The molecule has 1 aromatic rings. The van der Waals surface area contributed by atoms with Crippen molar-refractivity contribution in [3.05, 3.63) is 35.9 Å². The van der Waals surface area contributed by atoms with Gasteiger partial charge in [-0.05, 0) is 36.2 Å². The number of halogens is 1. The number of carbonyl (C=O) groups is 1. The van der Waals surface area contributed by atoms with Crippen molar-refractivity contribution < 1.29 is 14.3 Å². The first kappa shape index (κ1) is 17.9. The molecule has 0 aliphatic heterocycles. The average molecular weight is 321 g/mol. The van der Waals surface area contributed by atoms with E-state index in [9.17, 15) is 14.3 Å². The second kappa shape index (κ2) is 7.43. The van der Waals surface area contributed by atoms with Gasteiger partial charge in [0, 0.05) is 0 Å². The summed E-state index contributed by atoms with van der Waals surface area (Å²) in [4.78, 5) is 12.6. The highest BCUT2D eigenvalue weighted by Gasteiger charge is 2.48. The van der Waals surface area contributed by atoms with Gasteiger partial charge >= 0.3 is 0 Å². The molecule has 128 valence electrons. The van der Waals surface area contributed by atoms with Crippen LogP contribution in [0.1, 0.15) is 51.8 Å². The molecule has 1 fully saturated rings. The number of hydrogen-bond acceptors (Lipinski definition) is 2. The number of alkyl halides is 1. The highest BCUT2D eigenvalue weighted by molar-refractivity contribution is 5.85. The molecule has 23 heavy (non-hydrogen) atoms. The molecule has 4 heteroatoms. The lowest BCUT2D eigenvalue weighted by molar-refractivity contribution is -0.156. The molecule has 1 saturated carbocycles. The number of benzene rings is 1. The molecule has 0 heterocycles. The predicted octanol–water partition coefficient (Wildman–Crippen LogP) is 3.64. The molecule has 0 spiro atoms. The molecular weight excluding hydrogens is 293 g/mol. The van der Waals surface area contributed by atoms with Crippen LogP contribution in [0.3, 0.4) is 0 Å². The van der Waals surface area contributed by atoms with Crippen molar-refractivity contribution >= 4 is 5.91 Å². The van der Waals surface area contributed by atoms with Crippen LogP contribution in [0.2, 0.25) is 0 Å². The lowest BCUT2D eigenvalue weighted by Crippen LogP contribution is -2.56. The summed E-state index contributed by atoms with van der Waals surface area (Å²) in [6.45, 7) is 6.00. The maximum Gasteiger partial charge on any atom is 0.252 e. The molecule has 1 aliphatic rings. The van der Waals surface area contributed by atoms with Gasteiger partial charge in [-0.15, -0.1) is 0 Å². The number of nitrogens with one attached hydrogen (secondary N) is 1. The summed E-state index contributed by atoms with van der Waals surface area (Å²) in [6, 6.07) is 8.77. The summed E-state index contributed by atoms with van der Waals surface area (Å²) >= 11 is 0. The summed E-state index contributed by atoms with van der Waals surface area (Å²) in [6.07, 6.45) is 1.04. The van der Waals surface area contributed by atoms with Crippen molar-refractivity contribution in [2.45, 2.75) is 51.8 Å². The topological polar surface area (TPSA) is 49.3 Å². The van der Waals surface area contributed by atoms with Crippen LogP contribution >= 0.6 is 0 Å². The van der Waals surface area contributed by atoms with Gasteiger partial charge in [0.15, 0.2) is 0 Å². The van der Waals surface area contributed by atoms with E-state index in [2.05, 4.69) is 12.2 Å². The predicted molar refractivity (Wildman–Crippen MR) is 89.6 cm³/mol. The fourth-order valence-electron chi connectivity index (χ4n) is 3.75. The molecule has 1 amide bonds. The van der Waals surface area contributed by atoms with Crippen molar-refractivity contribution in [1.82, 2.24) is 5.32 Å². The van der Waals surface area contributed by atoms with Gasteiger partial charge in [0.05, 0.1) is 6.54 Å². The summed E-state index contributed by atoms with van der Waals surface area (Å²) in [5.41, 5.74) is -0.848. The molecule has 0 saturated heterocycles. The highest BCUT2D eigenvalue weighted by atomic mass is 19.1. The van der Waals surface area contributed by atoms with E-state index in [1.165, 1.54) is 0 Å². The van der Waals surface area contributed by atoms with Crippen molar-refractivity contribution in [3.8, 4) is 0 Å². The van der Waals surface area contributed by atoms with Gasteiger partial charge in [0.2, 0.25) is 0 Å². The second-order valence-electron chi connectivity index (χ2n) is 7.25. The Labute approximate surface area is 138 Å². The number of amides is 1. The zero-order valence-corrected chi connectivity index (χ0v) is 14.3. The van der Waals surface area contributed by atoms with E-state index in [1.54, 1.807) is 24.3 Å². The van der Waals surface area contributed by atoms with Crippen molar-refractivity contribution in [2.75, 3.05) is 6.54 Å². The molecule has 3 nitrogen and oxygen atoms in total. The molecule has 0 radical (unpaired) electrons. The number of carbonyl (C=O) groups excluding carboxylic acids is 1. The van der Waals surface area contributed by atoms with Gasteiger partial charge in [0.1, 0.15) is 11.8 Å². The van der Waals surface area contributed by atoms with E-state index in [1.807, 2.05) is 19.9 Å². The van der Waals surface area contributed by atoms with Gasteiger partial charge < -0.3 is 10.4 Å². The maximum atomic E-state index is 14.2. The molecule has 2 N–H and O–H groups in total. The monoisotopic (exact) mass is 321 g/mol. The first-order valence-electron chi connectivity index (χ1n) is 8.54. The summed E-state index contributed by atoms with van der Waals surface area (Å²) in [7, 11) is 0. The van der Waals surface area contributed by atoms with Crippen LogP contribution in [-0.4, -0.2) is 23.2 Å². The van der Waals surface area contributed by atoms with Crippen LogP contribution in [0.15, 0.2) is 30.3 Å². The van der Waals surface area contributed by atoms with Gasteiger partial charge in [-0.3, -0.25) is 4.79 Å². The normalized spacial score (nSPS) is 29.3. The Morgan fingerprint density at radius 2 is 2.00 bits per heavy atom. The number of hydrogen-bond donors (Lipinski definition) is 2. The van der Waals surface area contributed by atoms with Gasteiger partial charge in [-0.1, -0.05) is 57.5 Å². The minimum atomic E-state index is -1.39. The van der Waals surface area contributed by atoms with Crippen LogP contribution in [0.5, 0.6) is 0 Å². The Hall–Kier alpha value is -1.42. The average Bonchev–Trinajstić information content (AvgIpc) is 2.52. The molecule has 0 bridgehead atoms. The SMILES string of the molecule is CC(C)[C@@H]1CC[C@@H](C)C[C@@]1(O)C(=O)NC[C@@H](F)c1ccccc1. The summed E-state index contributed by atoms with van der Waals surface area (Å²) < 4.78 is 14.2. The Balaban J connectivity index is 2.02. The lowest BCUT2D eigenvalue weighted by Gasteiger charge is -2.43. The third kappa shape index (κ3) is 4.11. The quantitative estimate of drug-likeness (QED) is 0.870. The first-order chi connectivity index (χ1) is 10.8. The smallest absolute Gasteiger partial charge is 0.252 e. The second-order valence-corrected chi connectivity index (χ2v) is 7.25. The molecular formula is C19H28FNO2. The number of aliphatic hydroxyl groups is 1. The van der Waals surface area contributed by atoms with Crippen LogP contribution < -0.4 is 5.32 Å². The summed E-state index contributed by atoms with van der Waals surface area (Å²) in [5, 5.41) is 13.6. The zero-order chi connectivity index (χ0) is 17.0. The van der Waals surface area contributed by atoms with E-state index in [-0.39, 0.29) is 18.4 Å². The van der Waals surface area contributed by atoms with E-state index in [0.29, 0.717) is 17.9 Å². The first-order valence-corrected chi connectivity index (χ1v) is 8.54. The van der Waals surface area contributed by atoms with E-state index < -0.39 is 17.7 Å². The van der Waals surface area contributed by atoms with E-state index >= 15 is 0 Å². The fourth-order valence-corrected chi connectivity index (χ4v) is 3.75. The van der Waals surface area contributed by atoms with Gasteiger partial charge in [-0.2, -0.15) is 0 Å². The molecule has 2 rings (SSSR count). The van der Waals surface area contributed by atoms with E-state index in [4.69, 9.17) is 0 Å². The van der Waals surface area contributed by atoms with Gasteiger partial charge in [-0.25, -0.2) is 4.39 Å².